The topological polar surface area (TPSA) is 89.7 Å². The smallest absolute Gasteiger partial charge is 0.305 e. The summed E-state index contributed by atoms with van der Waals surface area (Å²) >= 11 is 0. The predicted octanol–water partition coefficient (Wildman–Crippen LogP) is -0.450. The second-order valence-electron chi connectivity index (χ2n) is 3.46. The van der Waals surface area contributed by atoms with Gasteiger partial charge in [-0.25, -0.2) is 12.7 Å². The van der Waals surface area contributed by atoms with Gasteiger partial charge < -0.3 is 10.5 Å². The molecule has 0 saturated heterocycles. The molecule has 16 heavy (non-hydrogen) atoms. The average Bonchev–Trinajstić information content (AvgIpc) is 2.25. The molecule has 0 rings (SSSR count). The van der Waals surface area contributed by atoms with Crippen molar-refractivity contribution in [2.75, 3.05) is 33.0 Å². The third-order valence-electron chi connectivity index (χ3n) is 2.16. The summed E-state index contributed by atoms with van der Waals surface area (Å²) in [4.78, 5) is 10.8. The van der Waals surface area contributed by atoms with Crippen molar-refractivity contribution >= 4 is 16.0 Å². The van der Waals surface area contributed by atoms with Crippen molar-refractivity contribution in [2.24, 2.45) is 5.73 Å². The van der Waals surface area contributed by atoms with Crippen molar-refractivity contribution in [3.8, 4) is 0 Å². The van der Waals surface area contributed by atoms with E-state index in [9.17, 15) is 13.2 Å². The minimum Gasteiger partial charge on any atom is -0.469 e. The van der Waals surface area contributed by atoms with Crippen LogP contribution in [0.2, 0.25) is 0 Å². The molecule has 2 N–H and O–H groups in total. The van der Waals surface area contributed by atoms with Crippen LogP contribution < -0.4 is 5.73 Å². The van der Waals surface area contributed by atoms with Crippen LogP contribution in [0, 0.1) is 0 Å². The van der Waals surface area contributed by atoms with Gasteiger partial charge in [-0.2, -0.15) is 0 Å². The van der Waals surface area contributed by atoms with Gasteiger partial charge in [-0.05, 0) is 19.4 Å². The minimum atomic E-state index is -3.27. The number of ether oxygens (including phenoxy) is 1. The first-order valence-electron chi connectivity index (χ1n) is 5.15. The van der Waals surface area contributed by atoms with Crippen LogP contribution in [0.1, 0.15) is 19.3 Å². The Bertz CT molecular complexity index is 303. The third kappa shape index (κ3) is 6.04. The van der Waals surface area contributed by atoms with Gasteiger partial charge >= 0.3 is 5.97 Å². The van der Waals surface area contributed by atoms with Crippen LogP contribution in [-0.4, -0.2) is 51.7 Å². The molecule has 0 heterocycles. The Balaban J connectivity index is 3.99. The zero-order chi connectivity index (χ0) is 12.6. The van der Waals surface area contributed by atoms with Gasteiger partial charge in [0.2, 0.25) is 10.0 Å². The highest BCUT2D eigenvalue weighted by atomic mass is 32.2. The summed E-state index contributed by atoms with van der Waals surface area (Å²) in [6, 6.07) is 0. The van der Waals surface area contributed by atoms with Crippen LogP contribution in [-0.2, 0) is 19.6 Å². The second kappa shape index (κ2) is 7.59. The van der Waals surface area contributed by atoms with Gasteiger partial charge in [0.15, 0.2) is 0 Å². The lowest BCUT2D eigenvalue weighted by Gasteiger charge is -2.16. The summed E-state index contributed by atoms with van der Waals surface area (Å²) in [6.45, 7) is 0.874. The molecule has 0 fully saturated rings. The lowest BCUT2D eigenvalue weighted by Crippen LogP contribution is -2.31. The molecule has 0 spiro atoms. The Morgan fingerprint density at radius 2 is 2.00 bits per heavy atom. The van der Waals surface area contributed by atoms with Gasteiger partial charge in [-0.1, -0.05) is 0 Å². The first-order valence-corrected chi connectivity index (χ1v) is 6.76. The van der Waals surface area contributed by atoms with Crippen LogP contribution in [0.4, 0.5) is 0 Å². The maximum absolute atomic E-state index is 11.6. The Kier molecular flexibility index (Phi) is 7.27. The number of nitrogens with two attached hydrogens (primary N) is 1. The molecule has 0 unspecified atom stereocenters. The predicted molar refractivity (Wildman–Crippen MR) is 61.3 cm³/mol. The highest BCUT2D eigenvalue weighted by Gasteiger charge is 2.17. The molecule has 0 aromatic rings. The molecular formula is C9H20N2O4S. The fourth-order valence-electron chi connectivity index (χ4n) is 1.11. The summed E-state index contributed by atoms with van der Waals surface area (Å²) in [5, 5.41) is 0. The summed E-state index contributed by atoms with van der Waals surface area (Å²) in [7, 11) is -0.467. The van der Waals surface area contributed by atoms with E-state index < -0.39 is 10.0 Å². The van der Waals surface area contributed by atoms with E-state index in [0.29, 0.717) is 19.5 Å². The number of hydrogen-bond donors (Lipinski definition) is 1. The molecule has 7 heteroatoms. The van der Waals surface area contributed by atoms with E-state index in [1.54, 1.807) is 0 Å². The van der Waals surface area contributed by atoms with Gasteiger partial charge in [-0.15, -0.1) is 0 Å². The lowest BCUT2D eigenvalue weighted by atomic mass is 10.3. The number of rotatable bonds is 8. The van der Waals surface area contributed by atoms with Gasteiger partial charge in [0, 0.05) is 20.0 Å². The molecule has 0 saturated carbocycles. The van der Waals surface area contributed by atoms with Crippen LogP contribution in [0.25, 0.3) is 0 Å². The van der Waals surface area contributed by atoms with E-state index in [1.165, 1.54) is 18.5 Å². The number of hydrogen-bond acceptors (Lipinski definition) is 5. The Morgan fingerprint density at radius 1 is 1.38 bits per heavy atom. The number of methoxy groups -OCH3 is 1. The maximum atomic E-state index is 11.6. The number of esters is 1. The first kappa shape index (κ1) is 15.3. The van der Waals surface area contributed by atoms with Crippen LogP contribution in [0.5, 0.6) is 0 Å². The SMILES string of the molecule is COC(=O)CCCS(=O)(=O)N(C)CCCN. The van der Waals surface area contributed by atoms with Crippen molar-refractivity contribution in [3.63, 3.8) is 0 Å². The van der Waals surface area contributed by atoms with E-state index in [2.05, 4.69) is 4.74 Å². The monoisotopic (exact) mass is 252 g/mol. The zero-order valence-corrected chi connectivity index (χ0v) is 10.6. The van der Waals surface area contributed by atoms with Crippen LogP contribution in [0.3, 0.4) is 0 Å². The van der Waals surface area contributed by atoms with Crippen LogP contribution >= 0.6 is 0 Å². The van der Waals surface area contributed by atoms with Gasteiger partial charge in [0.05, 0.1) is 12.9 Å². The fourth-order valence-corrected chi connectivity index (χ4v) is 2.34. The van der Waals surface area contributed by atoms with Crippen LogP contribution in [0.15, 0.2) is 0 Å². The van der Waals surface area contributed by atoms with E-state index in [4.69, 9.17) is 5.73 Å². The Hall–Kier alpha value is -0.660. The summed E-state index contributed by atoms with van der Waals surface area (Å²) < 4.78 is 29.0. The molecule has 0 aliphatic rings. The highest BCUT2D eigenvalue weighted by molar-refractivity contribution is 7.89. The maximum Gasteiger partial charge on any atom is 0.305 e. The van der Waals surface area contributed by atoms with E-state index in [1.807, 2.05) is 0 Å². The van der Waals surface area contributed by atoms with Crippen molar-refractivity contribution in [2.45, 2.75) is 19.3 Å². The average molecular weight is 252 g/mol. The number of carbonyl (C=O) groups is 1. The zero-order valence-electron chi connectivity index (χ0n) is 9.81. The van der Waals surface area contributed by atoms with Crippen molar-refractivity contribution < 1.29 is 17.9 Å². The van der Waals surface area contributed by atoms with Crippen molar-refractivity contribution in [3.05, 3.63) is 0 Å². The minimum absolute atomic E-state index is 0.0385. The molecule has 0 aliphatic heterocycles. The van der Waals surface area contributed by atoms with Crippen molar-refractivity contribution in [1.29, 1.82) is 0 Å². The largest absolute Gasteiger partial charge is 0.469 e. The first-order chi connectivity index (χ1) is 7.44. The molecule has 96 valence electrons. The molecule has 0 radical (unpaired) electrons. The Labute approximate surface area is 96.8 Å². The summed E-state index contributed by atoms with van der Waals surface area (Å²) in [5.74, 6) is -0.428. The summed E-state index contributed by atoms with van der Waals surface area (Å²) in [6.07, 6.45) is 1.04. The molecule has 0 aromatic carbocycles. The van der Waals surface area contributed by atoms with E-state index >= 15 is 0 Å². The number of carbonyl (C=O) groups excluding carboxylic acids is 1. The van der Waals surface area contributed by atoms with E-state index in [-0.39, 0.29) is 24.6 Å². The number of sulfonamides is 1. The van der Waals surface area contributed by atoms with Crippen molar-refractivity contribution in [1.82, 2.24) is 4.31 Å². The van der Waals surface area contributed by atoms with Gasteiger partial charge in [-0.3, -0.25) is 4.79 Å². The molecule has 0 amide bonds. The normalized spacial score (nSPS) is 11.8. The van der Waals surface area contributed by atoms with Gasteiger partial charge in [0.1, 0.15) is 0 Å². The molecule has 0 atom stereocenters. The quantitative estimate of drug-likeness (QED) is 0.591. The molecular weight excluding hydrogens is 232 g/mol. The summed E-state index contributed by atoms with van der Waals surface area (Å²) in [5.41, 5.74) is 5.30. The fraction of sp³-hybridized carbons (Fsp3) is 0.889. The highest BCUT2D eigenvalue weighted by Crippen LogP contribution is 2.03. The van der Waals surface area contributed by atoms with Gasteiger partial charge in [0.25, 0.3) is 0 Å². The molecule has 0 aromatic heterocycles. The third-order valence-corrected chi connectivity index (χ3v) is 4.10. The Morgan fingerprint density at radius 3 is 2.50 bits per heavy atom. The number of nitrogens with zero attached hydrogens (tertiary/aromatic N) is 1. The standard InChI is InChI=1S/C9H20N2O4S/c1-11(7-4-6-10)16(13,14)8-3-5-9(12)15-2/h3-8,10H2,1-2H3. The van der Waals surface area contributed by atoms with E-state index in [0.717, 1.165) is 0 Å². The molecule has 0 aliphatic carbocycles. The molecule has 6 nitrogen and oxygen atoms in total. The second-order valence-corrected chi connectivity index (χ2v) is 5.65. The lowest BCUT2D eigenvalue weighted by molar-refractivity contribution is -0.140. The molecule has 0 bridgehead atoms.